The van der Waals surface area contributed by atoms with Gasteiger partial charge < -0.3 is 25.8 Å². The summed E-state index contributed by atoms with van der Waals surface area (Å²) >= 11 is 0. The molecule has 0 atom stereocenters. The van der Waals surface area contributed by atoms with E-state index in [1.54, 1.807) is 21.0 Å². The zero-order chi connectivity index (χ0) is 19.4. The lowest BCUT2D eigenvalue weighted by atomic mass is 9.93. The van der Waals surface area contributed by atoms with E-state index in [1.165, 1.54) is 0 Å². The molecule has 0 unspecified atom stereocenters. The number of rotatable bonds is 11. The van der Waals surface area contributed by atoms with Gasteiger partial charge in [-0.1, -0.05) is 12.1 Å². The number of primary amides is 1. The molecule has 0 saturated carbocycles. The largest absolute Gasteiger partial charge is 0.497 e. The first kappa shape index (κ1) is 21.8. The van der Waals surface area contributed by atoms with Crippen molar-refractivity contribution >= 4 is 11.9 Å². The van der Waals surface area contributed by atoms with Gasteiger partial charge in [0.05, 0.1) is 19.1 Å². The molecule has 7 nitrogen and oxygen atoms in total. The van der Waals surface area contributed by atoms with Gasteiger partial charge >= 0.3 is 0 Å². The van der Waals surface area contributed by atoms with E-state index in [9.17, 15) is 4.79 Å². The molecule has 1 aromatic carbocycles. The zero-order valence-electron chi connectivity index (χ0n) is 16.3. The molecule has 146 valence electrons. The highest BCUT2D eigenvalue weighted by Gasteiger charge is 2.24. The number of ether oxygens (including phenoxy) is 2. The molecule has 0 bridgehead atoms. The van der Waals surface area contributed by atoms with Crippen LogP contribution in [0, 0.1) is 5.41 Å². The van der Waals surface area contributed by atoms with Crippen LogP contribution in [0.1, 0.15) is 32.8 Å². The van der Waals surface area contributed by atoms with Gasteiger partial charge in [0.25, 0.3) is 0 Å². The van der Waals surface area contributed by atoms with Crippen LogP contribution in [0.3, 0.4) is 0 Å². The standard InChI is InChI=1S/C19H32N4O3/c1-5-26-12-6-11-21-18(23-14-19(2,3)17(20)24)22-13-15-7-9-16(25-4)10-8-15/h7-10H,5-6,11-14H2,1-4H3,(H2,20,24)(H2,21,22,23). The van der Waals surface area contributed by atoms with Gasteiger partial charge in [0.1, 0.15) is 5.75 Å². The van der Waals surface area contributed by atoms with Crippen molar-refractivity contribution in [3.63, 3.8) is 0 Å². The van der Waals surface area contributed by atoms with E-state index in [0.29, 0.717) is 32.3 Å². The Morgan fingerprint density at radius 3 is 2.50 bits per heavy atom. The summed E-state index contributed by atoms with van der Waals surface area (Å²) in [5, 5.41) is 6.46. The fourth-order valence-corrected chi connectivity index (χ4v) is 1.99. The van der Waals surface area contributed by atoms with Gasteiger partial charge in [-0.25, -0.2) is 4.99 Å². The number of benzene rings is 1. The molecule has 0 heterocycles. The van der Waals surface area contributed by atoms with Crippen LogP contribution in [0.4, 0.5) is 0 Å². The Bertz CT molecular complexity index is 571. The van der Waals surface area contributed by atoms with E-state index in [4.69, 9.17) is 15.2 Å². The predicted octanol–water partition coefficient (Wildman–Crippen LogP) is 1.67. The lowest BCUT2D eigenvalue weighted by Gasteiger charge is -2.22. The number of nitrogens with zero attached hydrogens (tertiary/aromatic N) is 1. The average molecular weight is 364 g/mol. The number of hydrogen-bond donors (Lipinski definition) is 3. The highest BCUT2D eigenvalue weighted by atomic mass is 16.5. The third-order valence-electron chi connectivity index (χ3n) is 3.91. The van der Waals surface area contributed by atoms with Crippen molar-refractivity contribution in [1.29, 1.82) is 0 Å². The van der Waals surface area contributed by atoms with Crippen LogP contribution in [0.5, 0.6) is 5.75 Å². The highest BCUT2D eigenvalue weighted by Crippen LogP contribution is 2.13. The summed E-state index contributed by atoms with van der Waals surface area (Å²) in [6.07, 6.45) is 0.871. The molecule has 0 aliphatic heterocycles. The van der Waals surface area contributed by atoms with Crippen LogP contribution >= 0.6 is 0 Å². The Labute approximate surface area is 156 Å². The van der Waals surface area contributed by atoms with E-state index in [0.717, 1.165) is 24.3 Å². The lowest BCUT2D eigenvalue weighted by Crippen LogP contribution is -2.46. The topological polar surface area (TPSA) is 98.0 Å². The fraction of sp³-hybridized carbons (Fsp3) is 0.579. The van der Waals surface area contributed by atoms with Gasteiger partial charge in [0.15, 0.2) is 5.96 Å². The van der Waals surface area contributed by atoms with E-state index >= 15 is 0 Å². The van der Waals surface area contributed by atoms with Crippen LogP contribution in [-0.4, -0.2) is 45.3 Å². The van der Waals surface area contributed by atoms with Crippen LogP contribution in [0.2, 0.25) is 0 Å². The molecule has 26 heavy (non-hydrogen) atoms. The average Bonchev–Trinajstić information content (AvgIpc) is 2.63. The number of hydrogen-bond acceptors (Lipinski definition) is 4. The molecule has 1 rings (SSSR count). The molecule has 4 N–H and O–H groups in total. The van der Waals surface area contributed by atoms with Crippen molar-refractivity contribution in [2.75, 3.05) is 33.4 Å². The van der Waals surface area contributed by atoms with Gasteiger partial charge in [-0.2, -0.15) is 0 Å². The lowest BCUT2D eigenvalue weighted by molar-refractivity contribution is -0.125. The van der Waals surface area contributed by atoms with Gasteiger partial charge in [-0.15, -0.1) is 0 Å². The van der Waals surface area contributed by atoms with Crippen molar-refractivity contribution in [3.05, 3.63) is 29.8 Å². The van der Waals surface area contributed by atoms with Crippen molar-refractivity contribution in [2.45, 2.75) is 33.7 Å². The SMILES string of the molecule is CCOCCCNC(=NCc1ccc(OC)cc1)NCC(C)(C)C(N)=O. The minimum absolute atomic E-state index is 0.351. The first-order valence-electron chi connectivity index (χ1n) is 8.92. The Balaban J connectivity index is 2.66. The number of nitrogens with two attached hydrogens (primary N) is 1. The van der Waals surface area contributed by atoms with Crippen molar-refractivity contribution in [1.82, 2.24) is 10.6 Å². The van der Waals surface area contributed by atoms with Crippen molar-refractivity contribution in [2.24, 2.45) is 16.1 Å². The van der Waals surface area contributed by atoms with Crippen LogP contribution in [0.25, 0.3) is 0 Å². The van der Waals surface area contributed by atoms with Crippen LogP contribution in [-0.2, 0) is 16.1 Å². The van der Waals surface area contributed by atoms with E-state index in [2.05, 4.69) is 15.6 Å². The first-order valence-corrected chi connectivity index (χ1v) is 8.92. The van der Waals surface area contributed by atoms with Crippen LogP contribution in [0.15, 0.2) is 29.3 Å². The van der Waals surface area contributed by atoms with Gasteiger partial charge in [0.2, 0.25) is 5.91 Å². The summed E-state index contributed by atoms with van der Waals surface area (Å²) in [5.74, 6) is 1.11. The Hall–Kier alpha value is -2.28. The second-order valence-corrected chi connectivity index (χ2v) is 6.59. The summed E-state index contributed by atoms with van der Waals surface area (Å²) in [4.78, 5) is 16.1. The molecule has 7 heteroatoms. The molecular weight excluding hydrogens is 332 g/mol. The molecular formula is C19H32N4O3. The van der Waals surface area contributed by atoms with Gasteiger partial charge in [0, 0.05) is 26.3 Å². The molecule has 0 fully saturated rings. The monoisotopic (exact) mass is 364 g/mol. The maximum atomic E-state index is 11.5. The quantitative estimate of drug-likeness (QED) is 0.315. The van der Waals surface area contributed by atoms with E-state index < -0.39 is 5.41 Å². The summed E-state index contributed by atoms with van der Waals surface area (Å²) in [5.41, 5.74) is 5.84. The Morgan fingerprint density at radius 2 is 1.92 bits per heavy atom. The number of nitrogens with one attached hydrogen (secondary N) is 2. The third kappa shape index (κ3) is 8.20. The van der Waals surface area contributed by atoms with E-state index in [-0.39, 0.29) is 5.91 Å². The van der Waals surface area contributed by atoms with Crippen molar-refractivity contribution in [3.8, 4) is 5.75 Å². The molecule has 1 aromatic rings. The second kappa shape index (κ2) is 11.4. The number of carbonyl (C=O) groups excluding carboxylic acids is 1. The minimum Gasteiger partial charge on any atom is -0.497 e. The van der Waals surface area contributed by atoms with Gasteiger partial charge in [-0.05, 0) is 44.9 Å². The number of amides is 1. The zero-order valence-corrected chi connectivity index (χ0v) is 16.3. The predicted molar refractivity (Wildman–Crippen MR) is 104 cm³/mol. The summed E-state index contributed by atoms with van der Waals surface area (Å²) < 4.78 is 10.5. The molecule has 0 aromatic heterocycles. The van der Waals surface area contributed by atoms with E-state index in [1.807, 2.05) is 31.2 Å². The Morgan fingerprint density at radius 1 is 1.23 bits per heavy atom. The molecule has 0 spiro atoms. The second-order valence-electron chi connectivity index (χ2n) is 6.59. The van der Waals surface area contributed by atoms with Crippen LogP contribution < -0.4 is 21.1 Å². The summed E-state index contributed by atoms with van der Waals surface area (Å²) in [6, 6.07) is 7.76. The minimum atomic E-state index is -0.659. The first-order chi connectivity index (χ1) is 12.4. The maximum absolute atomic E-state index is 11.5. The third-order valence-corrected chi connectivity index (χ3v) is 3.91. The maximum Gasteiger partial charge on any atom is 0.224 e. The summed E-state index contributed by atoms with van der Waals surface area (Å²) in [6.45, 7) is 8.64. The molecule has 0 radical (unpaired) electrons. The number of aliphatic imine (C=N–C) groups is 1. The van der Waals surface area contributed by atoms with Gasteiger partial charge in [-0.3, -0.25) is 4.79 Å². The fourth-order valence-electron chi connectivity index (χ4n) is 1.99. The number of methoxy groups -OCH3 is 1. The molecule has 0 aliphatic rings. The van der Waals surface area contributed by atoms with Crippen molar-refractivity contribution < 1.29 is 14.3 Å². The molecule has 1 amide bonds. The normalized spacial score (nSPS) is 11.9. The smallest absolute Gasteiger partial charge is 0.224 e. The molecule has 0 aliphatic carbocycles. The highest BCUT2D eigenvalue weighted by molar-refractivity contribution is 5.83. The number of carbonyl (C=O) groups is 1. The summed E-state index contributed by atoms with van der Waals surface area (Å²) in [7, 11) is 1.64. The number of guanidine groups is 1. The molecule has 0 saturated heterocycles. The Kier molecular flexibility index (Phi) is 9.51.